The lowest BCUT2D eigenvalue weighted by Crippen LogP contribution is -2.35. The van der Waals surface area contributed by atoms with E-state index < -0.39 is 0 Å². The predicted molar refractivity (Wildman–Crippen MR) is 77.0 cm³/mol. The van der Waals surface area contributed by atoms with Crippen LogP contribution in [-0.2, 0) is 6.42 Å². The molecule has 0 aromatic heterocycles. The average molecular weight is 274 g/mol. The van der Waals surface area contributed by atoms with Gasteiger partial charge in [0, 0.05) is 6.04 Å². The molecule has 96 valence electrons. The Labute approximate surface area is 115 Å². The normalized spacial score (nSPS) is 15.0. The molecule has 0 amide bonds. The number of benzene rings is 1. The minimum atomic E-state index is 0.490. The monoisotopic (exact) mass is 273 g/mol. The quantitative estimate of drug-likeness (QED) is 0.838. The molecule has 0 radical (unpaired) electrons. The van der Waals surface area contributed by atoms with Crippen LogP contribution in [0.1, 0.15) is 26.3 Å². The molecule has 0 spiro atoms. The Kier molecular flexibility index (Phi) is 5.78. The van der Waals surface area contributed by atoms with Crippen LogP contribution in [0.2, 0.25) is 10.0 Å². The highest BCUT2D eigenvalue weighted by atomic mass is 35.5. The molecule has 0 heterocycles. The maximum atomic E-state index is 6.04. The highest BCUT2D eigenvalue weighted by molar-refractivity contribution is 6.42. The van der Waals surface area contributed by atoms with E-state index in [1.807, 2.05) is 19.2 Å². The Morgan fingerprint density at radius 3 is 2.24 bits per heavy atom. The lowest BCUT2D eigenvalue weighted by molar-refractivity contribution is 0.300. The molecule has 0 saturated heterocycles. The summed E-state index contributed by atoms with van der Waals surface area (Å²) in [7, 11) is 2.01. The zero-order chi connectivity index (χ0) is 13.0. The molecule has 0 aliphatic rings. The molecule has 1 aromatic rings. The van der Waals surface area contributed by atoms with Crippen molar-refractivity contribution in [3.63, 3.8) is 0 Å². The molecule has 0 bridgehead atoms. The van der Waals surface area contributed by atoms with E-state index in [-0.39, 0.29) is 0 Å². The van der Waals surface area contributed by atoms with E-state index in [1.165, 1.54) is 5.56 Å². The van der Waals surface area contributed by atoms with E-state index in [4.69, 9.17) is 23.2 Å². The van der Waals surface area contributed by atoms with E-state index in [2.05, 4.69) is 32.2 Å². The van der Waals surface area contributed by atoms with Gasteiger partial charge in [0.2, 0.25) is 0 Å². The van der Waals surface area contributed by atoms with Crippen LogP contribution in [0.4, 0.5) is 0 Å². The number of nitrogens with one attached hydrogen (secondary N) is 1. The molecule has 3 heteroatoms. The average Bonchev–Trinajstić information content (AvgIpc) is 2.29. The Bertz CT molecular complexity index is 363. The van der Waals surface area contributed by atoms with Gasteiger partial charge in [0.1, 0.15) is 0 Å². The van der Waals surface area contributed by atoms with Crippen molar-refractivity contribution in [2.45, 2.75) is 33.2 Å². The molecule has 1 aromatic carbocycles. The fourth-order valence-electron chi connectivity index (χ4n) is 2.14. The first-order valence-corrected chi connectivity index (χ1v) is 6.82. The summed E-state index contributed by atoms with van der Waals surface area (Å²) in [5.74, 6) is 1.23. The third kappa shape index (κ3) is 4.17. The van der Waals surface area contributed by atoms with Gasteiger partial charge in [-0.25, -0.2) is 0 Å². The van der Waals surface area contributed by atoms with E-state index in [0.717, 1.165) is 6.42 Å². The second-order valence-corrected chi connectivity index (χ2v) is 5.75. The maximum Gasteiger partial charge on any atom is 0.0595 e. The van der Waals surface area contributed by atoms with Crippen molar-refractivity contribution in [1.82, 2.24) is 5.32 Å². The Morgan fingerprint density at radius 1 is 1.12 bits per heavy atom. The molecule has 0 saturated carbocycles. The van der Waals surface area contributed by atoms with Crippen LogP contribution in [-0.4, -0.2) is 13.1 Å². The van der Waals surface area contributed by atoms with Gasteiger partial charge in [-0.15, -0.1) is 0 Å². The fraction of sp³-hybridized carbons (Fsp3) is 0.571. The predicted octanol–water partition coefficient (Wildman–Crippen LogP) is 4.42. The van der Waals surface area contributed by atoms with Crippen LogP contribution in [0.25, 0.3) is 0 Å². The summed E-state index contributed by atoms with van der Waals surface area (Å²) in [5, 5.41) is 4.60. The van der Waals surface area contributed by atoms with E-state index in [9.17, 15) is 0 Å². The SMILES string of the molecule is CNC(C)C(Cc1ccc(Cl)c(Cl)c1)C(C)C. The van der Waals surface area contributed by atoms with Crippen LogP contribution < -0.4 is 5.32 Å². The fourth-order valence-corrected chi connectivity index (χ4v) is 2.46. The topological polar surface area (TPSA) is 12.0 Å². The number of hydrogen-bond acceptors (Lipinski definition) is 1. The van der Waals surface area contributed by atoms with Gasteiger partial charge >= 0.3 is 0 Å². The largest absolute Gasteiger partial charge is 0.317 e. The first kappa shape index (κ1) is 14.8. The molecule has 0 aliphatic carbocycles. The van der Waals surface area contributed by atoms with Crippen LogP contribution in [0, 0.1) is 11.8 Å². The van der Waals surface area contributed by atoms with Crippen LogP contribution in [0.5, 0.6) is 0 Å². The minimum Gasteiger partial charge on any atom is -0.317 e. The van der Waals surface area contributed by atoms with Gasteiger partial charge in [-0.2, -0.15) is 0 Å². The van der Waals surface area contributed by atoms with Gasteiger partial charge < -0.3 is 5.32 Å². The number of rotatable bonds is 5. The van der Waals surface area contributed by atoms with Gasteiger partial charge in [-0.05, 0) is 49.9 Å². The molecule has 0 aliphatic heterocycles. The molecule has 1 N–H and O–H groups in total. The first-order chi connectivity index (χ1) is 7.95. The smallest absolute Gasteiger partial charge is 0.0595 e. The summed E-state index contributed by atoms with van der Waals surface area (Å²) >= 11 is 12.0. The summed E-state index contributed by atoms with van der Waals surface area (Å²) in [6, 6.07) is 6.40. The molecule has 2 unspecified atom stereocenters. The summed E-state index contributed by atoms with van der Waals surface area (Å²) in [6.45, 7) is 6.74. The molecule has 1 rings (SSSR count). The van der Waals surface area contributed by atoms with Gasteiger partial charge in [-0.3, -0.25) is 0 Å². The molecule has 0 fully saturated rings. The Balaban J connectivity index is 2.82. The number of halogens is 2. The van der Waals surface area contributed by atoms with E-state index >= 15 is 0 Å². The molecular formula is C14H21Cl2N. The van der Waals surface area contributed by atoms with E-state index in [0.29, 0.717) is 27.9 Å². The molecule has 17 heavy (non-hydrogen) atoms. The third-order valence-electron chi connectivity index (χ3n) is 3.41. The van der Waals surface area contributed by atoms with Gasteiger partial charge in [0.05, 0.1) is 10.0 Å². The first-order valence-electron chi connectivity index (χ1n) is 6.07. The second kappa shape index (κ2) is 6.63. The Morgan fingerprint density at radius 2 is 1.76 bits per heavy atom. The van der Waals surface area contributed by atoms with Crippen LogP contribution in [0.3, 0.4) is 0 Å². The van der Waals surface area contributed by atoms with Crippen LogP contribution >= 0.6 is 23.2 Å². The molecule has 1 nitrogen and oxygen atoms in total. The minimum absolute atomic E-state index is 0.490. The zero-order valence-corrected chi connectivity index (χ0v) is 12.4. The van der Waals surface area contributed by atoms with Crippen molar-refractivity contribution in [3.05, 3.63) is 33.8 Å². The van der Waals surface area contributed by atoms with Gasteiger partial charge in [-0.1, -0.05) is 43.1 Å². The summed E-state index contributed by atoms with van der Waals surface area (Å²) in [5.41, 5.74) is 1.25. The van der Waals surface area contributed by atoms with E-state index in [1.54, 1.807) is 0 Å². The van der Waals surface area contributed by atoms with Crippen molar-refractivity contribution in [2.24, 2.45) is 11.8 Å². The molecule has 2 atom stereocenters. The third-order valence-corrected chi connectivity index (χ3v) is 4.15. The lowest BCUT2D eigenvalue weighted by atomic mass is 9.84. The van der Waals surface area contributed by atoms with Crippen molar-refractivity contribution >= 4 is 23.2 Å². The lowest BCUT2D eigenvalue weighted by Gasteiger charge is -2.27. The van der Waals surface area contributed by atoms with Crippen molar-refractivity contribution < 1.29 is 0 Å². The summed E-state index contributed by atoms with van der Waals surface area (Å²) < 4.78 is 0. The van der Waals surface area contributed by atoms with Crippen LogP contribution in [0.15, 0.2) is 18.2 Å². The number of hydrogen-bond donors (Lipinski definition) is 1. The van der Waals surface area contributed by atoms with Crippen molar-refractivity contribution in [3.8, 4) is 0 Å². The maximum absolute atomic E-state index is 6.04. The second-order valence-electron chi connectivity index (χ2n) is 4.94. The standard InChI is InChI=1S/C14H21Cl2N/c1-9(2)12(10(3)17-4)7-11-5-6-13(15)14(16)8-11/h5-6,8-10,12,17H,7H2,1-4H3. The van der Waals surface area contributed by atoms with Gasteiger partial charge in [0.15, 0.2) is 0 Å². The summed E-state index contributed by atoms with van der Waals surface area (Å²) in [6.07, 6.45) is 1.02. The van der Waals surface area contributed by atoms with Crippen molar-refractivity contribution in [2.75, 3.05) is 7.05 Å². The zero-order valence-electron chi connectivity index (χ0n) is 10.9. The van der Waals surface area contributed by atoms with Gasteiger partial charge in [0.25, 0.3) is 0 Å². The highest BCUT2D eigenvalue weighted by Crippen LogP contribution is 2.26. The highest BCUT2D eigenvalue weighted by Gasteiger charge is 2.20. The summed E-state index contributed by atoms with van der Waals surface area (Å²) in [4.78, 5) is 0. The van der Waals surface area contributed by atoms with Crippen molar-refractivity contribution in [1.29, 1.82) is 0 Å². The molecular weight excluding hydrogens is 253 g/mol. The Hall–Kier alpha value is -0.240.